The maximum atomic E-state index is 14.2. The number of nitrogens with one attached hydrogen (secondary N) is 2. The summed E-state index contributed by atoms with van der Waals surface area (Å²) in [4.78, 5) is 34.1. The van der Waals surface area contributed by atoms with E-state index in [1.54, 1.807) is 0 Å². The molecule has 0 aliphatic carbocycles. The van der Waals surface area contributed by atoms with Gasteiger partial charge in [-0.05, 0) is 42.9 Å². The summed E-state index contributed by atoms with van der Waals surface area (Å²) in [5.41, 5.74) is 2.95. The van der Waals surface area contributed by atoms with Crippen LogP contribution in [-0.2, 0) is 16.1 Å². The number of hydrogen-bond donors (Lipinski definition) is 2. The monoisotopic (exact) mass is 506 g/mol. The third-order valence-corrected chi connectivity index (χ3v) is 7.18. The molecule has 1 aromatic heterocycles. The van der Waals surface area contributed by atoms with Crippen molar-refractivity contribution in [3.63, 3.8) is 0 Å². The lowest BCUT2D eigenvalue weighted by molar-refractivity contribution is -0.135. The molecule has 1 atom stereocenters. The van der Waals surface area contributed by atoms with Gasteiger partial charge in [0.25, 0.3) is 0 Å². The molecule has 4 aromatic rings. The van der Waals surface area contributed by atoms with Gasteiger partial charge in [0.05, 0.1) is 5.92 Å². The molecule has 2 N–H and O–H groups in total. The molecule has 5 rings (SSSR count). The van der Waals surface area contributed by atoms with Crippen molar-refractivity contribution >= 4 is 45.2 Å². The number of nitrogens with zero attached hydrogens (tertiary/aromatic N) is 2. The normalized spacial score (nSPS) is 15.4. The van der Waals surface area contributed by atoms with E-state index in [9.17, 15) is 14.0 Å². The number of aromatic amines is 1. The second-order valence-electron chi connectivity index (χ2n) is 9.37. The number of hydrogen-bond acceptors (Lipinski definition) is 3. The quantitative estimate of drug-likeness (QED) is 0.399. The minimum Gasteiger partial charge on any atom is -0.355 e. The van der Waals surface area contributed by atoms with Crippen LogP contribution < -0.4 is 5.32 Å². The zero-order chi connectivity index (χ0) is 25.2. The van der Waals surface area contributed by atoms with E-state index < -0.39 is 11.7 Å². The maximum Gasteiger partial charge on any atom is 0.228 e. The standard InChI is InChI=1S/C28H28ClFN4O2/c1-33-10-12-34(13-11-33)27(35)16-23(28(36)31-17-19-14-20(29)7-9-24(19)30)18-6-8-22-21-4-2-3-5-25(21)32-26(22)15-18/h2-9,14-15,23,32H,10-13,16-17H2,1H3,(H,31,36). The summed E-state index contributed by atoms with van der Waals surface area (Å²) in [7, 11) is 2.03. The predicted octanol–water partition coefficient (Wildman–Crippen LogP) is 4.68. The zero-order valence-electron chi connectivity index (χ0n) is 20.1. The van der Waals surface area contributed by atoms with Crippen molar-refractivity contribution in [1.29, 1.82) is 0 Å². The maximum absolute atomic E-state index is 14.2. The number of carbonyl (C=O) groups is 2. The molecule has 36 heavy (non-hydrogen) atoms. The molecule has 2 heterocycles. The summed E-state index contributed by atoms with van der Waals surface area (Å²) in [5.74, 6) is -1.54. The van der Waals surface area contributed by atoms with Gasteiger partial charge in [0.1, 0.15) is 5.82 Å². The number of aromatic nitrogens is 1. The third-order valence-electron chi connectivity index (χ3n) is 6.94. The lowest BCUT2D eigenvalue weighted by atomic mass is 9.92. The molecule has 0 bridgehead atoms. The van der Waals surface area contributed by atoms with Crippen molar-refractivity contribution in [3.8, 4) is 0 Å². The average Bonchev–Trinajstić information content (AvgIpc) is 3.25. The Kier molecular flexibility index (Phi) is 6.94. The number of benzene rings is 3. The molecule has 2 amide bonds. The molecule has 1 saturated heterocycles. The number of rotatable bonds is 6. The summed E-state index contributed by atoms with van der Waals surface area (Å²) in [5, 5.41) is 5.38. The molecule has 6 nitrogen and oxygen atoms in total. The smallest absolute Gasteiger partial charge is 0.228 e. The molecular weight excluding hydrogens is 479 g/mol. The largest absolute Gasteiger partial charge is 0.355 e. The first-order valence-corrected chi connectivity index (χ1v) is 12.4. The van der Waals surface area contributed by atoms with Gasteiger partial charge in [-0.1, -0.05) is 41.9 Å². The number of H-pyrrole nitrogens is 1. The second kappa shape index (κ2) is 10.3. The number of fused-ring (bicyclic) bond motifs is 3. The van der Waals surface area contributed by atoms with Crippen molar-refractivity contribution in [2.75, 3.05) is 33.2 Å². The lowest BCUT2D eigenvalue weighted by Gasteiger charge is -2.33. The minimum absolute atomic E-state index is 0.0148. The summed E-state index contributed by atoms with van der Waals surface area (Å²) >= 11 is 6.01. The molecular formula is C28H28ClFN4O2. The summed E-state index contributed by atoms with van der Waals surface area (Å²) in [6.07, 6.45) is 0.0410. The lowest BCUT2D eigenvalue weighted by Crippen LogP contribution is -2.47. The fourth-order valence-corrected chi connectivity index (χ4v) is 4.99. The van der Waals surface area contributed by atoms with Crippen LogP contribution in [0.4, 0.5) is 4.39 Å². The Hall–Kier alpha value is -3.42. The summed E-state index contributed by atoms with van der Waals surface area (Å²) in [6.45, 7) is 2.87. The third kappa shape index (κ3) is 5.08. The molecule has 1 aliphatic rings. The summed E-state index contributed by atoms with van der Waals surface area (Å²) in [6, 6.07) is 18.1. The second-order valence-corrected chi connectivity index (χ2v) is 9.81. The molecule has 1 unspecified atom stereocenters. The van der Waals surface area contributed by atoms with Crippen molar-refractivity contribution < 1.29 is 14.0 Å². The van der Waals surface area contributed by atoms with Gasteiger partial charge in [-0.15, -0.1) is 0 Å². The first-order chi connectivity index (χ1) is 17.4. The van der Waals surface area contributed by atoms with Crippen molar-refractivity contribution in [2.45, 2.75) is 18.9 Å². The van der Waals surface area contributed by atoms with E-state index in [0.717, 1.165) is 40.5 Å². The van der Waals surface area contributed by atoms with Crippen molar-refractivity contribution in [1.82, 2.24) is 20.1 Å². The average molecular weight is 507 g/mol. The van der Waals surface area contributed by atoms with E-state index in [-0.39, 0.29) is 24.8 Å². The predicted molar refractivity (Wildman–Crippen MR) is 140 cm³/mol. The molecule has 8 heteroatoms. The van der Waals surface area contributed by atoms with E-state index >= 15 is 0 Å². The molecule has 1 fully saturated rings. The number of likely N-dealkylation sites (N-methyl/N-ethyl adjacent to an activating group) is 1. The van der Waals surface area contributed by atoms with Crippen molar-refractivity contribution in [2.24, 2.45) is 0 Å². The van der Waals surface area contributed by atoms with Crippen LogP contribution in [0, 0.1) is 5.82 Å². The molecule has 1 aliphatic heterocycles. The minimum atomic E-state index is -0.713. The highest BCUT2D eigenvalue weighted by Crippen LogP contribution is 2.30. The van der Waals surface area contributed by atoms with Crippen LogP contribution >= 0.6 is 11.6 Å². The molecule has 0 spiro atoms. The van der Waals surface area contributed by atoms with Gasteiger partial charge in [-0.25, -0.2) is 4.39 Å². The number of para-hydroxylation sites is 1. The molecule has 0 saturated carbocycles. The highest BCUT2D eigenvalue weighted by Gasteiger charge is 2.28. The fraction of sp³-hybridized carbons (Fsp3) is 0.286. The van der Waals surface area contributed by atoms with Crippen LogP contribution in [0.25, 0.3) is 21.8 Å². The van der Waals surface area contributed by atoms with Crippen LogP contribution in [0.15, 0.2) is 60.7 Å². The summed E-state index contributed by atoms with van der Waals surface area (Å²) < 4.78 is 14.2. The number of carbonyl (C=O) groups excluding carboxylic acids is 2. The Balaban J connectivity index is 1.42. The van der Waals surface area contributed by atoms with E-state index in [1.807, 2.05) is 48.3 Å². The Bertz CT molecular complexity index is 1430. The SMILES string of the molecule is CN1CCN(C(=O)CC(C(=O)NCc2cc(Cl)ccc2F)c2ccc3c(c2)[nH]c2ccccc23)CC1. The van der Waals surface area contributed by atoms with E-state index in [4.69, 9.17) is 11.6 Å². The van der Waals surface area contributed by atoms with Crippen LogP contribution in [0.5, 0.6) is 0 Å². The van der Waals surface area contributed by atoms with Gasteiger partial charge in [0.15, 0.2) is 0 Å². The highest BCUT2D eigenvalue weighted by molar-refractivity contribution is 6.30. The topological polar surface area (TPSA) is 68.4 Å². The van der Waals surface area contributed by atoms with Crippen molar-refractivity contribution in [3.05, 3.63) is 82.6 Å². The van der Waals surface area contributed by atoms with E-state index in [1.165, 1.54) is 18.2 Å². The Labute approximate surface area is 214 Å². The first kappa shape index (κ1) is 24.3. The Morgan fingerprint density at radius 3 is 2.56 bits per heavy atom. The van der Waals surface area contributed by atoms with Crippen LogP contribution in [0.2, 0.25) is 5.02 Å². The van der Waals surface area contributed by atoms with Gasteiger partial charge < -0.3 is 20.1 Å². The van der Waals surface area contributed by atoms with E-state index in [0.29, 0.717) is 23.7 Å². The fourth-order valence-electron chi connectivity index (χ4n) is 4.79. The molecule has 186 valence electrons. The highest BCUT2D eigenvalue weighted by atomic mass is 35.5. The van der Waals surface area contributed by atoms with Crippen LogP contribution in [0.3, 0.4) is 0 Å². The van der Waals surface area contributed by atoms with E-state index in [2.05, 4.69) is 21.3 Å². The van der Waals surface area contributed by atoms with Gasteiger partial charge in [-0.2, -0.15) is 0 Å². The van der Waals surface area contributed by atoms with Gasteiger partial charge in [0.2, 0.25) is 11.8 Å². The first-order valence-electron chi connectivity index (χ1n) is 12.1. The van der Waals surface area contributed by atoms with Crippen LogP contribution in [0.1, 0.15) is 23.5 Å². The Morgan fingerprint density at radius 1 is 1.00 bits per heavy atom. The van der Waals surface area contributed by atoms with Gasteiger partial charge >= 0.3 is 0 Å². The van der Waals surface area contributed by atoms with Crippen LogP contribution in [-0.4, -0.2) is 59.8 Å². The van der Waals surface area contributed by atoms with Gasteiger partial charge in [-0.3, -0.25) is 9.59 Å². The Morgan fingerprint density at radius 2 is 1.75 bits per heavy atom. The van der Waals surface area contributed by atoms with Gasteiger partial charge in [0, 0.05) is 71.5 Å². The number of halogens is 2. The molecule has 3 aromatic carbocycles. The number of amides is 2. The number of piperazine rings is 1. The molecule has 0 radical (unpaired) electrons. The zero-order valence-corrected chi connectivity index (χ0v) is 20.8.